The van der Waals surface area contributed by atoms with Gasteiger partial charge >= 0.3 is 11.9 Å². The lowest BCUT2D eigenvalue weighted by molar-refractivity contribution is -0.137. The van der Waals surface area contributed by atoms with E-state index in [-0.39, 0.29) is 29.1 Å². The van der Waals surface area contributed by atoms with Crippen molar-refractivity contribution in [2.24, 2.45) is 11.8 Å². The molecule has 1 aromatic carbocycles. The fraction of sp³-hybridized carbons (Fsp3) is 0.467. The monoisotopic (exact) mass is 264 g/mol. The maximum atomic E-state index is 11.9. The second-order valence-corrected chi connectivity index (χ2v) is 5.06. The summed E-state index contributed by atoms with van der Waals surface area (Å²) in [5.74, 6) is -0.589. The Morgan fingerprint density at radius 2 is 1.74 bits per heavy atom. The maximum absolute atomic E-state index is 11.9. The molecular weight excluding hydrogens is 244 g/mol. The highest BCUT2D eigenvalue weighted by molar-refractivity contribution is 5.93. The fourth-order valence-electron chi connectivity index (χ4n) is 1.27. The Morgan fingerprint density at radius 3 is 2.32 bits per heavy atom. The van der Waals surface area contributed by atoms with Crippen LogP contribution < -0.4 is 4.74 Å². The van der Waals surface area contributed by atoms with Crippen LogP contribution in [0.1, 0.15) is 38.1 Å². The van der Waals surface area contributed by atoms with Crippen LogP contribution in [0, 0.1) is 11.8 Å². The van der Waals surface area contributed by atoms with Crippen molar-refractivity contribution in [1.29, 1.82) is 0 Å². The van der Waals surface area contributed by atoms with Crippen LogP contribution in [-0.4, -0.2) is 18.5 Å². The normalized spacial score (nSPS) is 10.6. The van der Waals surface area contributed by atoms with Crippen LogP contribution in [0.15, 0.2) is 24.3 Å². The highest BCUT2D eigenvalue weighted by Crippen LogP contribution is 2.20. The lowest BCUT2D eigenvalue weighted by Crippen LogP contribution is -2.17. The smallest absolute Gasteiger partial charge is 0.341 e. The second-order valence-electron chi connectivity index (χ2n) is 5.06. The third-order valence-electron chi connectivity index (χ3n) is 2.34. The first kappa shape index (κ1) is 15.2. The molecule has 0 bridgehead atoms. The topological polar surface area (TPSA) is 52.6 Å². The molecule has 0 aliphatic heterocycles. The van der Waals surface area contributed by atoms with Crippen molar-refractivity contribution in [3.05, 3.63) is 29.8 Å². The predicted molar refractivity (Wildman–Crippen MR) is 72.0 cm³/mol. The molecular formula is C15H20O4. The van der Waals surface area contributed by atoms with Crippen LogP contribution in [0.4, 0.5) is 0 Å². The summed E-state index contributed by atoms with van der Waals surface area (Å²) < 4.78 is 10.3. The molecule has 0 atom stereocenters. The van der Waals surface area contributed by atoms with Gasteiger partial charge < -0.3 is 9.47 Å². The first-order valence-electron chi connectivity index (χ1n) is 6.39. The summed E-state index contributed by atoms with van der Waals surface area (Å²) in [5.41, 5.74) is 0.275. The van der Waals surface area contributed by atoms with E-state index in [1.807, 2.05) is 13.8 Å². The van der Waals surface area contributed by atoms with Crippen LogP contribution >= 0.6 is 0 Å². The summed E-state index contributed by atoms with van der Waals surface area (Å²) in [5, 5.41) is 0. The fourth-order valence-corrected chi connectivity index (χ4v) is 1.27. The Morgan fingerprint density at radius 1 is 1.11 bits per heavy atom. The van der Waals surface area contributed by atoms with Gasteiger partial charge in [0.25, 0.3) is 0 Å². The van der Waals surface area contributed by atoms with E-state index in [1.165, 1.54) is 0 Å². The van der Waals surface area contributed by atoms with Gasteiger partial charge in [-0.15, -0.1) is 0 Å². The van der Waals surface area contributed by atoms with E-state index in [1.54, 1.807) is 38.1 Å². The van der Waals surface area contributed by atoms with Gasteiger partial charge in [-0.05, 0) is 18.1 Å². The van der Waals surface area contributed by atoms with Crippen LogP contribution in [0.2, 0.25) is 0 Å². The zero-order chi connectivity index (χ0) is 14.4. The number of hydrogen-bond acceptors (Lipinski definition) is 4. The summed E-state index contributed by atoms with van der Waals surface area (Å²) in [6, 6.07) is 6.60. The van der Waals surface area contributed by atoms with Crippen molar-refractivity contribution in [3.8, 4) is 5.75 Å². The third kappa shape index (κ3) is 4.73. The minimum Gasteiger partial charge on any atom is -0.462 e. The number of hydrogen-bond donors (Lipinski definition) is 0. The van der Waals surface area contributed by atoms with Crippen LogP contribution in [-0.2, 0) is 9.53 Å². The molecule has 4 heteroatoms. The van der Waals surface area contributed by atoms with Crippen molar-refractivity contribution in [2.75, 3.05) is 6.61 Å². The highest BCUT2D eigenvalue weighted by atomic mass is 16.5. The molecule has 0 saturated carbocycles. The molecule has 4 nitrogen and oxygen atoms in total. The van der Waals surface area contributed by atoms with Gasteiger partial charge in [0.2, 0.25) is 0 Å². The SMILES string of the molecule is CC(C)COC(=O)c1ccccc1OC(=O)C(C)C. The van der Waals surface area contributed by atoms with Gasteiger partial charge in [-0.25, -0.2) is 4.79 Å². The molecule has 0 heterocycles. The molecule has 0 aliphatic rings. The van der Waals surface area contributed by atoms with Gasteiger partial charge in [-0.3, -0.25) is 4.79 Å². The Balaban J connectivity index is 2.83. The average molecular weight is 264 g/mol. The molecule has 0 amide bonds. The Kier molecular flexibility index (Phi) is 5.55. The standard InChI is InChI=1S/C15H20O4/c1-10(2)9-18-15(17)12-7-5-6-8-13(12)19-14(16)11(3)4/h5-8,10-11H,9H2,1-4H3. The predicted octanol–water partition coefficient (Wildman–Crippen LogP) is 3.06. The molecule has 19 heavy (non-hydrogen) atoms. The molecule has 104 valence electrons. The summed E-state index contributed by atoms with van der Waals surface area (Å²) >= 11 is 0. The highest BCUT2D eigenvalue weighted by Gasteiger charge is 2.17. The van der Waals surface area contributed by atoms with Gasteiger partial charge in [-0.2, -0.15) is 0 Å². The minimum atomic E-state index is -0.471. The zero-order valence-corrected chi connectivity index (χ0v) is 11.8. The summed E-state index contributed by atoms with van der Waals surface area (Å²) in [4.78, 5) is 23.5. The largest absolute Gasteiger partial charge is 0.462 e. The Labute approximate surface area is 113 Å². The molecule has 1 aromatic rings. The van der Waals surface area contributed by atoms with Gasteiger partial charge in [-0.1, -0.05) is 39.8 Å². The van der Waals surface area contributed by atoms with Crippen LogP contribution in [0.3, 0.4) is 0 Å². The second kappa shape index (κ2) is 6.92. The molecule has 1 rings (SSSR count). The summed E-state index contributed by atoms with van der Waals surface area (Å²) in [6.07, 6.45) is 0. The summed E-state index contributed by atoms with van der Waals surface area (Å²) in [6.45, 7) is 7.73. The van der Waals surface area contributed by atoms with Crippen molar-refractivity contribution in [1.82, 2.24) is 0 Å². The first-order valence-corrected chi connectivity index (χ1v) is 6.39. The van der Waals surface area contributed by atoms with Gasteiger partial charge in [0.1, 0.15) is 11.3 Å². The van der Waals surface area contributed by atoms with Crippen LogP contribution in [0.25, 0.3) is 0 Å². The Hall–Kier alpha value is -1.84. The molecule has 0 aliphatic carbocycles. The number of esters is 2. The average Bonchev–Trinajstić information content (AvgIpc) is 2.36. The quantitative estimate of drug-likeness (QED) is 0.606. The van der Waals surface area contributed by atoms with E-state index in [0.29, 0.717) is 6.61 Å². The molecule has 0 unspecified atom stereocenters. The molecule has 0 N–H and O–H groups in total. The molecule has 0 spiro atoms. The molecule has 0 aromatic heterocycles. The number of para-hydroxylation sites is 1. The Bertz CT molecular complexity index is 449. The van der Waals surface area contributed by atoms with Crippen molar-refractivity contribution in [2.45, 2.75) is 27.7 Å². The molecule has 0 fully saturated rings. The molecule has 0 saturated heterocycles. The summed E-state index contributed by atoms with van der Waals surface area (Å²) in [7, 11) is 0. The minimum absolute atomic E-state index is 0.245. The number of rotatable bonds is 5. The van der Waals surface area contributed by atoms with Gasteiger partial charge in [0.05, 0.1) is 12.5 Å². The van der Waals surface area contributed by atoms with E-state index in [2.05, 4.69) is 0 Å². The third-order valence-corrected chi connectivity index (χ3v) is 2.34. The first-order chi connectivity index (χ1) is 8.91. The van der Waals surface area contributed by atoms with Crippen molar-refractivity contribution < 1.29 is 19.1 Å². The number of benzene rings is 1. The molecule has 0 radical (unpaired) electrons. The lowest BCUT2D eigenvalue weighted by Gasteiger charge is -2.12. The number of ether oxygens (including phenoxy) is 2. The van der Waals surface area contributed by atoms with E-state index < -0.39 is 5.97 Å². The van der Waals surface area contributed by atoms with E-state index >= 15 is 0 Å². The van der Waals surface area contributed by atoms with Crippen LogP contribution in [0.5, 0.6) is 5.75 Å². The number of carbonyl (C=O) groups is 2. The van der Waals surface area contributed by atoms with E-state index in [0.717, 1.165) is 0 Å². The lowest BCUT2D eigenvalue weighted by atomic mass is 10.2. The van der Waals surface area contributed by atoms with Crippen molar-refractivity contribution >= 4 is 11.9 Å². The number of carbonyl (C=O) groups excluding carboxylic acids is 2. The zero-order valence-electron chi connectivity index (χ0n) is 11.8. The van der Waals surface area contributed by atoms with E-state index in [9.17, 15) is 9.59 Å². The van der Waals surface area contributed by atoms with Crippen molar-refractivity contribution in [3.63, 3.8) is 0 Å². The maximum Gasteiger partial charge on any atom is 0.341 e. The van der Waals surface area contributed by atoms with E-state index in [4.69, 9.17) is 9.47 Å². The van der Waals surface area contributed by atoms with Gasteiger partial charge in [0.15, 0.2) is 0 Å². The van der Waals surface area contributed by atoms with Gasteiger partial charge in [0, 0.05) is 0 Å².